The minimum absolute atomic E-state index is 0. The molecule has 0 spiro atoms. The molecule has 0 N–H and O–H groups in total. The van der Waals surface area contributed by atoms with Crippen molar-refractivity contribution in [3.8, 4) is 5.75 Å². The van der Waals surface area contributed by atoms with Crippen molar-refractivity contribution in [2.75, 3.05) is 19.7 Å². The van der Waals surface area contributed by atoms with Crippen LogP contribution in [-0.4, -0.2) is 44.1 Å². The summed E-state index contributed by atoms with van der Waals surface area (Å²) in [6.07, 6.45) is 10.7. The first kappa shape index (κ1) is 30.3. The Balaban J connectivity index is 0.00000204. The Morgan fingerprint density at radius 1 is 0.943 bits per heavy atom. The van der Waals surface area contributed by atoms with Crippen LogP contribution in [0.1, 0.15) is 17.5 Å². The van der Waals surface area contributed by atoms with Crippen molar-refractivity contribution in [2.45, 2.75) is 19.4 Å². The lowest BCUT2D eigenvalue weighted by molar-refractivity contribution is 0.230. The van der Waals surface area contributed by atoms with Gasteiger partial charge < -0.3 is 9.30 Å². The van der Waals surface area contributed by atoms with Crippen LogP contribution in [0.3, 0.4) is 0 Å². The Labute approximate surface area is 223 Å². The highest BCUT2D eigenvalue weighted by atomic mass is 35.5. The number of hydrogen-bond donors (Lipinski definition) is 0. The molecule has 4 rings (SSSR count). The third kappa shape index (κ3) is 8.78. The number of hydrogen-bond acceptors (Lipinski definition) is 6. The Morgan fingerprint density at radius 2 is 1.74 bits per heavy atom. The number of aryl methyl sites for hydroxylation is 1. The predicted octanol–water partition coefficient (Wildman–Crippen LogP) is 4.50. The summed E-state index contributed by atoms with van der Waals surface area (Å²) in [6.45, 7) is 3.28. The fourth-order valence-corrected chi connectivity index (χ4v) is 3.61. The summed E-state index contributed by atoms with van der Waals surface area (Å²) in [5, 5.41) is 0.572. The number of ether oxygens (including phenoxy) is 1. The van der Waals surface area contributed by atoms with Gasteiger partial charge in [0.15, 0.2) is 0 Å². The van der Waals surface area contributed by atoms with E-state index in [4.69, 9.17) is 4.74 Å². The molecule has 10 heteroatoms. The van der Waals surface area contributed by atoms with E-state index >= 15 is 0 Å². The van der Waals surface area contributed by atoms with Crippen molar-refractivity contribution < 1.29 is 4.74 Å². The molecule has 0 aliphatic carbocycles. The van der Waals surface area contributed by atoms with Crippen LogP contribution in [0.5, 0.6) is 5.75 Å². The van der Waals surface area contributed by atoms with Gasteiger partial charge in [0.05, 0.1) is 23.8 Å². The summed E-state index contributed by atoms with van der Waals surface area (Å²) >= 11 is 0. The van der Waals surface area contributed by atoms with Gasteiger partial charge in [-0.2, -0.15) is 0 Å². The summed E-state index contributed by atoms with van der Waals surface area (Å²) in [5.74, 6) is 0.693. The van der Waals surface area contributed by atoms with Gasteiger partial charge >= 0.3 is 0 Å². The normalized spacial score (nSPS) is 10.2. The van der Waals surface area contributed by atoms with E-state index in [2.05, 4.69) is 38.1 Å². The Hall–Kier alpha value is -2.71. The minimum Gasteiger partial charge on any atom is -0.494 e. The molecule has 0 unspecified atom stereocenters. The molecule has 0 saturated heterocycles. The Kier molecular flexibility index (Phi) is 13.3. The second-order valence-electron chi connectivity index (χ2n) is 7.78. The first-order chi connectivity index (χ1) is 15.7. The summed E-state index contributed by atoms with van der Waals surface area (Å²) in [4.78, 5) is 27.3. The minimum atomic E-state index is -0.0700. The molecule has 0 fully saturated rings. The van der Waals surface area contributed by atoms with Gasteiger partial charge in [-0.25, -0.2) is 4.98 Å². The molecular weight excluding hydrogens is 509 g/mol. The maximum absolute atomic E-state index is 12.3. The first-order valence-electron chi connectivity index (χ1n) is 10.8. The van der Waals surface area contributed by atoms with Crippen LogP contribution in [0.4, 0.5) is 0 Å². The van der Waals surface area contributed by atoms with Crippen molar-refractivity contribution in [3.05, 3.63) is 95.1 Å². The fraction of sp³-hybridized carbons (Fsp3) is 0.280. The lowest BCUT2D eigenvalue weighted by atomic mass is 10.2. The molecule has 0 aliphatic heterocycles. The molecule has 0 bridgehead atoms. The van der Waals surface area contributed by atoms with Crippen LogP contribution >= 0.6 is 37.2 Å². The van der Waals surface area contributed by atoms with E-state index in [0.29, 0.717) is 23.3 Å². The van der Waals surface area contributed by atoms with Gasteiger partial charge in [0.25, 0.3) is 5.56 Å². The van der Waals surface area contributed by atoms with E-state index in [1.807, 2.05) is 36.8 Å². The average molecular weight is 539 g/mol. The fourth-order valence-electron chi connectivity index (χ4n) is 3.61. The number of benzene rings is 1. The van der Waals surface area contributed by atoms with Crippen molar-refractivity contribution in [1.82, 2.24) is 24.4 Å². The van der Waals surface area contributed by atoms with Gasteiger partial charge in [-0.3, -0.25) is 19.7 Å². The molecular formula is C25H30Cl3N5O2. The van der Waals surface area contributed by atoms with Gasteiger partial charge in [-0.05, 0) is 60.4 Å². The Bertz CT molecular complexity index is 1210. The number of fused-ring (bicyclic) bond motifs is 1. The van der Waals surface area contributed by atoms with Crippen molar-refractivity contribution >= 4 is 48.1 Å². The smallest absolute Gasteiger partial charge is 0.261 e. The molecule has 3 aromatic heterocycles. The maximum atomic E-state index is 12.3. The number of rotatable bonds is 10. The highest BCUT2D eigenvalue weighted by molar-refractivity contribution is 5.86. The molecule has 35 heavy (non-hydrogen) atoms. The van der Waals surface area contributed by atoms with E-state index in [0.717, 1.165) is 32.5 Å². The quantitative estimate of drug-likeness (QED) is 0.277. The molecule has 7 nitrogen and oxygen atoms in total. The molecule has 0 amide bonds. The van der Waals surface area contributed by atoms with E-state index in [9.17, 15) is 4.79 Å². The van der Waals surface area contributed by atoms with Crippen LogP contribution in [0, 0.1) is 0 Å². The summed E-state index contributed by atoms with van der Waals surface area (Å²) in [6, 6.07) is 13.7. The number of pyridine rings is 2. The van der Waals surface area contributed by atoms with E-state index < -0.39 is 0 Å². The SMILES string of the molecule is Cl.Cl.Cl.Cn1cnc2ccc(OCCCN(CCc3cccnc3)Cc3ccncc3)cc2c1=O. The van der Waals surface area contributed by atoms with Crippen molar-refractivity contribution in [1.29, 1.82) is 0 Å². The third-order valence-corrected chi connectivity index (χ3v) is 5.37. The zero-order valence-corrected chi connectivity index (χ0v) is 21.9. The van der Waals surface area contributed by atoms with Gasteiger partial charge in [-0.1, -0.05) is 6.07 Å². The van der Waals surface area contributed by atoms with Crippen LogP contribution in [0.25, 0.3) is 10.9 Å². The number of nitrogens with zero attached hydrogens (tertiary/aromatic N) is 5. The molecule has 0 saturated carbocycles. The average Bonchev–Trinajstić information content (AvgIpc) is 2.84. The second-order valence-corrected chi connectivity index (χ2v) is 7.78. The molecule has 0 radical (unpaired) electrons. The van der Waals surface area contributed by atoms with Crippen LogP contribution in [0.2, 0.25) is 0 Å². The standard InChI is InChI=1S/C25H27N5O2.3ClH/c1-29-19-28-24-6-5-22(16-23(24)25(29)31)32-15-3-13-30(18-21-7-11-26-12-8-21)14-9-20-4-2-10-27-17-20;;;/h2,4-8,10-12,16-17,19H,3,9,13-15,18H2,1H3;3*1H. The highest BCUT2D eigenvalue weighted by Crippen LogP contribution is 2.17. The molecule has 3 heterocycles. The predicted molar refractivity (Wildman–Crippen MR) is 146 cm³/mol. The van der Waals surface area contributed by atoms with E-state index in [1.54, 1.807) is 19.3 Å². The van der Waals surface area contributed by atoms with Crippen molar-refractivity contribution in [2.24, 2.45) is 7.05 Å². The summed E-state index contributed by atoms with van der Waals surface area (Å²) in [5.41, 5.74) is 3.08. The molecule has 0 atom stereocenters. The van der Waals surface area contributed by atoms with E-state index in [-0.39, 0.29) is 42.8 Å². The van der Waals surface area contributed by atoms with Gasteiger partial charge in [0, 0.05) is 51.5 Å². The first-order valence-corrected chi connectivity index (χ1v) is 10.8. The van der Waals surface area contributed by atoms with Crippen LogP contribution < -0.4 is 10.3 Å². The Morgan fingerprint density at radius 3 is 2.49 bits per heavy atom. The second kappa shape index (κ2) is 15.3. The molecule has 0 aliphatic rings. The largest absolute Gasteiger partial charge is 0.494 e. The monoisotopic (exact) mass is 537 g/mol. The van der Waals surface area contributed by atoms with E-state index in [1.165, 1.54) is 22.0 Å². The lowest BCUT2D eigenvalue weighted by Gasteiger charge is -2.22. The maximum Gasteiger partial charge on any atom is 0.261 e. The van der Waals surface area contributed by atoms with Gasteiger partial charge in [0.1, 0.15) is 5.75 Å². The molecule has 1 aromatic carbocycles. The number of aromatic nitrogens is 4. The van der Waals surface area contributed by atoms with Crippen LogP contribution in [-0.2, 0) is 20.0 Å². The van der Waals surface area contributed by atoms with Gasteiger partial charge in [-0.15, -0.1) is 37.2 Å². The summed E-state index contributed by atoms with van der Waals surface area (Å²) in [7, 11) is 1.70. The van der Waals surface area contributed by atoms with Gasteiger partial charge in [0.2, 0.25) is 0 Å². The summed E-state index contributed by atoms with van der Waals surface area (Å²) < 4.78 is 7.43. The third-order valence-electron chi connectivity index (χ3n) is 5.37. The topological polar surface area (TPSA) is 73.1 Å². The zero-order chi connectivity index (χ0) is 22.2. The zero-order valence-electron chi connectivity index (χ0n) is 19.4. The highest BCUT2D eigenvalue weighted by Gasteiger charge is 2.08. The lowest BCUT2D eigenvalue weighted by Crippen LogP contribution is -2.28. The molecule has 4 aromatic rings. The van der Waals surface area contributed by atoms with Crippen molar-refractivity contribution in [3.63, 3.8) is 0 Å². The molecule has 188 valence electrons. The van der Waals surface area contributed by atoms with Crippen LogP contribution in [0.15, 0.2) is 78.4 Å². The number of halogens is 3.